The number of aromatic carboxylic acids is 1. The lowest BCUT2D eigenvalue weighted by Crippen LogP contribution is -2.29. The minimum absolute atomic E-state index is 0.00342. The number of sulfonamides is 1. The number of benzene rings is 2. The van der Waals surface area contributed by atoms with Gasteiger partial charge in [0.2, 0.25) is 0 Å². The van der Waals surface area contributed by atoms with Gasteiger partial charge in [0.1, 0.15) is 0 Å². The molecule has 0 saturated heterocycles. The van der Waals surface area contributed by atoms with Crippen molar-refractivity contribution < 1.29 is 18.3 Å². The summed E-state index contributed by atoms with van der Waals surface area (Å²) in [5, 5.41) is 9.03. The van der Waals surface area contributed by atoms with Gasteiger partial charge in [0.05, 0.1) is 16.1 Å². The maximum absolute atomic E-state index is 12.9. The fraction of sp³-hybridized carbons (Fsp3) is 0.188. The van der Waals surface area contributed by atoms with E-state index in [-0.39, 0.29) is 16.4 Å². The Morgan fingerprint density at radius 3 is 2.64 bits per heavy atom. The van der Waals surface area contributed by atoms with Crippen LogP contribution in [0.3, 0.4) is 0 Å². The van der Waals surface area contributed by atoms with Gasteiger partial charge >= 0.3 is 5.97 Å². The Balaban J connectivity index is 2.09. The zero-order chi connectivity index (χ0) is 15.9. The molecule has 0 amide bonds. The molecule has 0 radical (unpaired) electrons. The molecule has 5 nitrogen and oxygen atoms in total. The molecule has 6 heteroatoms. The molecule has 1 N–H and O–H groups in total. The van der Waals surface area contributed by atoms with Crippen molar-refractivity contribution in [3.63, 3.8) is 0 Å². The minimum atomic E-state index is -3.77. The molecule has 1 atom stereocenters. The Bertz CT molecular complexity index is 845. The third-order valence-corrected chi connectivity index (χ3v) is 5.62. The van der Waals surface area contributed by atoms with Gasteiger partial charge in [-0.2, -0.15) is 0 Å². The van der Waals surface area contributed by atoms with E-state index in [0.29, 0.717) is 12.2 Å². The van der Waals surface area contributed by atoms with E-state index >= 15 is 0 Å². The van der Waals surface area contributed by atoms with Gasteiger partial charge in [-0.05, 0) is 29.8 Å². The van der Waals surface area contributed by atoms with E-state index in [9.17, 15) is 13.2 Å². The normalized spacial score (nSPS) is 17.3. The van der Waals surface area contributed by atoms with E-state index in [1.807, 2.05) is 19.1 Å². The first kappa shape index (κ1) is 14.6. The van der Waals surface area contributed by atoms with Crippen LogP contribution in [0.25, 0.3) is 0 Å². The highest BCUT2D eigenvalue weighted by Crippen LogP contribution is 2.39. The maximum Gasteiger partial charge on any atom is 0.335 e. The number of carboxylic acid groups (broad SMARTS) is 1. The van der Waals surface area contributed by atoms with Gasteiger partial charge in [0.15, 0.2) is 0 Å². The quantitative estimate of drug-likeness (QED) is 0.944. The average Bonchev–Trinajstić information content (AvgIpc) is 2.86. The van der Waals surface area contributed by atoms with Crippen molar-refractivity contribution in [3.8, 4) is 0 Å². The van der Waals surface area contributed by atoms with Crippen LogP contribution in [0, 0.1) is 0 Å². The Hall–Kier alpha value is -2.34. The summed E-state index contributed by atoms with van der Waals surface area (Å²) in [4.78, 5) is 11.0. The lowest BCUT2D eigenvalue weighted by Gasteiger charge is -2.20. The molecule has 0 fully saturated rings. The number of anilines is 1. The molecule has 0 spiro atoms. The standard InChI is InChI=1S/C16H15NO4S/c1-11-10-17(15-8-3-2-7-14(11)15)22(20,21)13-6-4-5-12(9-13)16(18)19/h2-9,11H,10H2,1H3,(H,18,19). The number of nitrogens with zero attached hydrogens (tertiary/aromatic N) is 1. The molecule has 1 aliphatic heterocycles. The Labute approximate surface area is 128 Å². The first-order valence-electron chi connectivity index (χ1n) is 6.86. The van der Waals surface area contributed by atoms with Crippen molar-refractivity contribution in [3.05, 3.63) is 59.7 Å². The van der Waals surface area contributed by atoms with Gasteiger partial charge in [-0.3, -0.25) is 4.31 Å². The van der Waals surface area contributed by atoms with Crippen LogP contribution in [-0.2, 0) is 10.0 Å². The number of fused-ring (bicyclic) bond motifs is 1. The average molecular weight is 317 g/mol. The monoisotopic (exact) mass is 317 g/mol. The van der Waals surface area contributed by atoms with Crippen molar-refractivity contribution in [1.82, 2.24) is 0 Å². The molecule has 2 aromatic rings. The molecular formula is C16H15NO4S. The summed E-state index contributed by atoms with van der Waals surface area (Å²) in [5.41, 5.74) is 1.61. The van der Waals surface area contributed by atoms with E-state index in [4.69, 9.17) is 5.11 Å². The lowest BCUT2D eigenvalue weighted by molar-refractivity contribution is 0.0696. The fourth-order valence-corrected chi connectivity index (χ4v) is 4.35. The largest absolute Gasteiger partial charge is 0.478 e. The smallest absolute Gasteiger partial charge is 0.335 e. The maximum atomic E-state index is 12.9. The predicted octanol–water partition coefficient (Wildman–Crippen LogP) is 2.70. The molecule has 3 rings (SSSR count). The van der Waals surface area contributed by atoms with Crippen LogP contribution in [0.2, 0.25) is 0 Å². The molecular weight excluding hydrogens is 302 g/mol. The van der Waals surface area contributed by atoms with E-state index in [2.05, 4.69) is 0 Å². The Morgan fingerprint density at radius 2 is 1.91 bits per heavy atom. The highest BCUT2D eigenvalue weighted by atomic mass is 32.2. The summed E-state index contributed by atoms with van der Waals surface area (Å²) in [7, 11) is -3.77. The summed E-state index contributed by atoms with van der Waals surface area (Å²) in [6.45, 7) is 2.33. The van der Waals surface area contributed by atoms with Crippen LogP contribution >= 0.6 is 0 Å². The molecule has 1 aliphatic rings. The van der Waals surface area contributed by atoms with Gasteiger partial charge in [0.25, 0.3) is 10.0 Å². The van der Waals surface area contributed by atoms with Crippen LogP contribution in [-0.4, -0.2) is 26.0 Å². The number of carbonyl (C=O) groups is 1. The first-order chi connectivity index (χ1) is 10.4. The topological polar surface area (TPSA) is 74.7 Å². The molecule has 0 bridgehead atoms. The van der Waals surface area contributed by atoms with Crippen molar-refractivity contribution in [2.75, 3.05) is 10.8 Å². The number of carboxylic acids is 1. The van der Waals surface area contributed by atoms with Gasteiger partial charge in [-0.25, -0.2) is 13.2 Å². The summed E-state index contributed by atoms with van der Waals surface area (Å²) >= 11 is 0. The van der Waals surface area contributed by atoms with Gasteiger partial charge < -0.3 is 5.11 Å². The van der Waals surface area contributed by atoms with Crippen LogP contribution in [0.15, 0.2) is 53.4 Å². The zero-order valence-corrected chi connectivity index (χ0v) is 12.7. The lowest BCUT2D eigenvalue weighted by atomic mass is 10.0. The van der Waals surface area contributed by atoms with Gasteiger partial charge in [0, 0.05) is 12.5 Å². The molecule has 114 valence electrons. The molecule has 1 heterocycles. The van der Waals surface area contributed by atoms with Crippen LogP contribution in [0.1, 0.15) is 28.8 Å². The molecule has 2 aromatic carbocycles. The van der Waals surface area contributed by atoms with Crippen molar-refractivity contribution in [1.29, 1.82) is 0 Å². The summed E-state index contributed by atoms with van der Waals surface area (Å²) < 4.78 is 27.1. The van der Waals surface area contributed by atoms with E-state index < -0.39 is 16.0 Å². The van der Waals surface area contributed by atoms with E-state index in [1.165, 1.54) is 28.6 Å². The molecule has 0 saturated carbocycles. The van der Waals surface area contributed by atoms with Gasteiger partial charge in [-0.1, -0.05) is 31.2 Å². The number of hydrogen-bond acceptors (Lipinski definition) is 3. The fourth-order valence-electron chi connectivity index (χ4n) is 2.72. The third-order valence-electron chi connectivity index (χ3n) is 3.85. The van der Waals surface area contributed by atoms with E-state index in [0.717, 1.165) is 5.56 Å². The SMILES string of the molecule is CC1CN(S(=O)(=O)c2cccc(C(=O)O)c2)c2ccccc21. The van der Waals surface area contributed by atoms with Crippen LogP contribution < -0.4 is 4.31 Å². The summed E-state index contributed by atoms with van der Waals surface area (Å²) in [5.74, 6) is -1.04. The van der Waals surface area contributed by atoms with E-state index in [1.54, 1.807) is 12.1 Å². The predicted molar refractivity (Wildman–Crippen MR) is 82.8 cm³/mol. The summed E-state index contributed by atoms with van der Waals surface area (Å²) in [6, 6.07) is 12.8. The number of hydrogen-bond donors (Lipinski definition) is 1. The highest BCUT2D eigenvalue weighted by molar-refractivity contribution is 7.92. The van der Waals surface area contributed by atoms with Crippen LogP contribution in [0.5, 0.6) is 0 Å². The summed E-state index contributed by atoms with van der Waals surface area (Å²) in [6.07, 6.45) is 0. The van der Waals surface area contributed by atoms with Crippen molar-refractivity contribution in [2.24, 2.45) is 0 Å². The van der Waals surface area contributed by atoms with Crippen molar-refractivity contribution >= 4 is 21.7 Å². The van der Waals surface area contributed by atoms with Crippen LogP contribution in [0.4, 0.5) is 5.69 Å². The van der Waals surface area contributed by atoms with Crippen molar-refractivity contribution in [2.45, 2.75) is 17.7 Å². The van der Waals surface area contributed by atoms with Gasteiger partial charge in [-0.15, -0.1) is 0 Å². The second-order valence-electron chi connectivity index (χ2n) is 5.33. The molecule has 1 unspecified atom stereocenters. The number of rotatable bonds is 3. The Morgan fingerprint density at radius 1 is 1.18 bits per heavy atom. The Kier molecular flexibility index (Phi) is 3.41. The zero-order valence-electron chi connectivity index (χ0n) is 11.9. The molecule has 22 heavy (non-hydrogen) atoms. The highest BCUT2D eigenvalue weighted by Gasteiger charge is 2.34. The second kappa shape index (κ2) is 5.14. The minimum Gasteiger partial charge on any atom is -0.478 e. The first-order valence-corrected chi connectivity index (χ1v) is 8.30. The third kappa shape index (κ3) is 2.25. The molecule has 0 aromatic heterocycles. The number of para-hydroxylation sites is 1. The second-order valence-corrected chi connectivity index (χ2v) is 7.19. The molecule has 0 aliphatic carbocycles.